The van der Waals surface area contributed by atoms with E-state index >= 15 is 0 Å². The first kappa shape index (κ1) is 24.7. The highest BCUT2D eigenvalue weighted by Gasteiger charge is 2.39. The number of hydrogen-bond donors (Lipinski definition) is 0. The highest BCUT2D eigenvalue weighted by molar-refractivity contribution is 7.88. The SMILES string of the molecule is CC1(COc2c(N3CCN(S(=O)(=O)Cc4ccccn4)CC3)cnn(-c3cccc(Cl)c3)c2=O)CC1. The molecule has 36 heavy (non-hydrogen) atoms. The highest BCUT2D eigenvalue weighted by Crippen LogP contribution is 2.45. The van der Waals surface area contributed by atoms with Crippen LogP contribution in [0.5, 0.6) is 5.75 Å². The molecule has 2 fully saturated rings. The minimum absolute atomic E-state index is 0.0755. The highest BCUT2D eigenvalue weighted by atomic mass is 35.5. The van der Waals surface area contributed by atoms with Gasteiger partial charge in [-0.3, -0.25) is 9.78 Å². The maximum absolute atomic E-state index is 13.5. The van der Waals surface area contributed by atoms with Crippen LogP contribution in [-0.4, -0.2) is 60.3 Å². The standard InChI is InChI=1S/C25H28ClN5O4S/c1-25(8-9-25)18-35-23-22(16-28-31(24(23)32)21-7-4-5-19(26)15-21)29-11-13-30(14-12-29)36(33,34)17-20-6-2-3-10-27-20/h2-7,10,15-16H,8-9,11-14,17-18H2,1H3. The first-order valence-electron chi connectivity index (χ1n) is 11.9. The molecule has 0 unspecified atom stereocenters. The summed E-state index contributed by atoms with van der Waals surface area (Å²) in [4.78, 5) is 19.6. The Hall–Kier alpha value is -2.95. The van der Waals surface area contributed by atoms with Gasteiger partial charge in [-0.05, 0) is 43.2 Å². The van der Waals surface area contributed by atoms with Crippen LogP contribution in [-0.2, 0) is 15.8 Å². The van der Waals surface area contributed by atoms with Crippen molar-refractivity contribution >= 4 is 27.3 Å². The van der Waals surface area contributed by atoms with Crippen LogP contribution in [0.25, 0.3) is 5.69 Å². The van der Waals surface area contributed by atoms with E-state index in [0.717, 1.165) is 12.8 Å². The van der Waals surface area contributed by atoms with Crippen LogP contribution >= 0.6 is 11.6 Å². The number of sulfonamides is 1. The number of pyridine rings is 1. The van der Waals surface area contributed by atoms with Gasteiger partial charge in [0.15, 0.2) is 0 Å². The fourth-order valence-corrected chi connectivity index (χ4v) is 5.79. The Morgan fingerprint density at radius 3 is 2.53 bits per heavy atom. The Labute approximate surface area is 215 Å². The minimum Gasteiger partial charge on any atom is -0.486 e. The van der Waals surface area contributed by atoms with E-state index in [4.69, 9.17) is 16.3 Å². The van der Waals surface area contributed by atoms with Crippen molar-refractivity contribution in [3.05, 3.63) is 75.9 Å². The molecule has 0 N–H and O–H groups in total. The monoisotopic (exact) mass is 529 g/mol. The second kappa shape index (κ2) is 9.84. The fraction of sp³-hybridized carbons (Fsp3) is 0.400. The predicted molar refractivity (Wildman–Crippen MR) is 138 cm³/mol. The molecular formula is C25H28ClN5O4S. The van der Waals surface area contributed by atoms with Crippen molar-refractivity contribution in [3.63, 3.8) is 0 Å². The summed E-state index contributed by atoms with van der Waals surface area (Å²) in [5, 5.41) is 4.89. The van der Waals surface area contributed by atoms with E-state index in [1.807, 2.05) is 4.90 Å². The first-order chi connectivity index (χ1) is 17.2. The zero-order chi connectivity index (χ0) is 25.3. The Bertz CT molecular complexity index is 1400. The lowest BCUT2D eigenvalue weighted by Crippen LogP contribution is -2.49. The summed E-state index contributed by atoms with van der Waals surface area (Å²) in [7, 11) is -3.51. The summed E-state index contributed by atoms with van der Waals surface area (Å²) in [6, 6.07) is 12.2. The van der Waals surface area contributed by atoms with E-state index in [0.29, 0.717) is 54.9 Å². The molecule has 0 amide bonds. The summed E-state index contributed by atoms with van der Waals surface area (Å²) >= 11 is 6.13. The van der Waals surface area contributed by atoms with Crippen molar-refractivity contribution in [3.8, 4) is 11.4 Å². The molecule has 1 aliphatic heterocycles. The second-order valence-corrected chi connectivity index (χ2v) is 12.0. The van der Waals surface area contributed by atoms with Gasteiger partial charge in [0.1, 0.15) is 11.4 Å². The van der Waals surface area contributed by atoms with Crippen LogP contribution in [0, 0.1) is 5.41 Å². The maximum Gasteiger partial charge on any atom is 0.316 e. The molecule has 2 aromatic heterocycles. The number of halogens is 1. The van der Waals surface area contributed by atoms with E-state index in [2.05, 4.69) is 17.0 Å². The van der Waals surface area contributed by atoms with Crippen LogP contribution in [0.15, 0.2) is 59.7 Å². The van der Waals surface area contributed by atoms with E-state index < -0.39 is 10.0 Å². The van der Waals surface area contributed by atoms with Gasteiger partial charge in [0.2, 0.25) is 15.8 Å². The first-order valence-corrected chi connectivity index (χ1v) is 13.9. The third kappa shape index (κ3) is 5.40. The van der Waals surface area contributed by atoms with Gasteiger partial charge in [-0.25, -0.2) is 8.42 Å². The number of nitrogens with zero attached hydrogens (tertiary/aromatic N) is 5. The molecule has 190 valence electrons. The predicted octanol–water partition coefficient (Wildman–Crippen LogP) is 3.11. The summed E-state index contributed by atoms with van der Waals surface area (Å²) in [6.07, 6.45) is 5.32. The number of piperazine rings is 1. The van der Waals surface area contributed by atoms with Crippen molar-refractivity contribution < 1.29 is 13.2 Å². The van der Waals surface area contributed by atoms with Gasteiger partial charge in [0.05, 0.1) is 24.2 Å². The second-order valence-electron chi connectivity index (χ2n) is 9.62. The van der Waals surface area contributed by atoms with Crippen molar-refractivity contribution in [2.24, 2.45) is 5.41 Å². The Morgan fingerprint density at radius 2 is 1.86 bits per heavy atom. The van der Waals surface area contributed by atoms with E-state index in [-0.39, 0.29) is 22.5 Å². The number of hydrogen-bond acceptors (Lipinski definition) is 7. The molecule has 1 saturated carbocycles. The van der Waals surface area contributed by atoms with Gasteiger partial charge in [-0.15, -0.1) is 0 Å². The van der Waals surface area contributed by atoms with Crippen LogP contribution in [0.4, 0.5) is 5.69 Å². The molecule has 3 aromatic rings. The van der Waals surface area contributed by atoms with E-state index in [1.54, 1.807) is 54.9 Å². The van der Waals surface area contributed by atoms with Gasteiger partial charge in [-0.2, -0.15) is 14.1 Å². The average molecular weight is 530 g/mol. The molecule has 1 saturated heterocycles. The smallest absolute Gasteiger partial charge is 0.316 e. The summed E-state index contributed by atoms with van der Waals surface area (Å²) in [5.74, 6) is 0.0840. The molecule has 0 radical (unpaired) electrons. The van der Waals surface area contributed by atoms with Gasteiger partial charge in [0, 0.05) is 42.8 Å². The number of anilines is 1. The molecule has 3 heterocycles. The number of rotatable bonds is 8. The number of aromatic nitrogens is 3. The van der Waals surface area contributed by atoms with Crippen molar-refractivity contribution in [1.29, 1.82) is 0 Å². The average Bonchev–Trinajstić information content (AvgIpc) is 3.60. The van der Waals surface area contributed by atoms with Crippen LogP contribution in [0.2, 0.25) is 5.02 Å². The van der Waals surface area contributed by atoms with Crippen LogP contribution < -0.4 is 15.2 Å². The van der Waals surface area contributed by atoms with Gasteiger partial charge in [-0.1, -0.05) is 30.7 Å². The topological polar surface area (TPSA) is 97.6 Å². The molecule has 11 heteroatoms. The Kier molecular flexibility index (Phi) is 6.76. The van der Waals surface area contributed by atoms with E-state index in [1.165, 1.54) is 8.99 Å². The van der Waals surface area contributed by atoms with E-state index in [9.17, 15) is 13.2 Å². The van der Waals surface area contributed by atoms with Crippen LogP contribution in [0.1, 0.15) is 25.5 Å². The summed E-state index contributed by atoms with van der Waals surface area (Å²) < 4.78 is 34.8. The molecule has 5 rings (SSSR count). The molecule has 0 bridgehead atoms. The van der Waals surface area contributed by atoms with Gasteiger partial charge >= 0.3 is 5.56 Å². The zero-order valence-corrected chi connectivity index (χ0v) is 21.6. The normalized spacial score (nSPS) is 17.7. The minimum atomic E-state index is -3.51. The number of benzene rings is 1. The van der Waals surface area contributed by atoms with Crippen molar-refractivity contribution in [2.75, 3.05) is 37.7 Å². The zero-order valence-electron chi connectivity index (χ0n) is 20.0. The van der Waals surface area contributed by atoms with Gasteiger partial charge in [0.25, 0.3) is 0 Å². The van der Waals surface area contributed by atoms with Crippen LogP contribution in [0.3, 0.4) is 0 Å². The molecule has 2 aliphatic rings. The molecular weight excluding hydrogens is 502 g/mol. The molecule has 1 aliphatic carbocycles. The third-order valence-electron chi connectivity index (χ3n) is 6.67. The molecule has 1 aromatic carbocycles. The lowest BCUT2D eigenvalue weighted by Gasteiger charge is -2.35. The third-order valence-corrected chi connectivity index (χ3v) is 8.71. The lowest BCUT2D eigenvalue weighted by atomic mass is 10.2. The number of ether oxygens (including phenoxy) is 1. The molecule has 0 atom stereocenters. The fourth-order valence-electron chi connectivity index (χ4n) is 4.15. The van der Waals surface area contributed by atoms with Gasteiger partial charge < -0.3 is 9.64 Å². The van der Waals surface area contributed by atoms with Crippen molar-refractivity contribution in [1.82, 2.24) is 19.1 Å². The quantitative estimate of drug-likeness (QED) is 0.442. The molecule has 0 spiro atoms. The summed E-state index contributed by atoms with van der Waals surface area (Å²) in [6.45, 7) is 3.99. The maximum atomic E-state index is 13.5. The Morgan fingerprint density at radius 1 is 1.08 bits per heavy atom. The largest absolute Gasteiger partial charge is 0.486 e. The summed E-state index contributed by atoms with van der Waals surface area (Å²) in [5.41, 5.74) is 1.34. The van der Waals surface area contributed by atoms with Crippen molar-refractivity contribution in [2.45, 2.75) is 25.5 Å². The lowest BCUT2D eigenvalue weighted by molar-refractivity contribution is 0.242. The molecule has 9 nitrogen and oxygen atoms in total. The Balaban J connectivity index is 1.38.